The SMILES string of the molecule is CCC(N)CNC(=O)c1ccn(C)n1. The van der Waals surface area contributed by atoms with Crippen molar-refractivity contribution in [1.29, 1.82) is 0 Å². The summed E-state index contributed by atoms with van der Waals surface area (Å²) in [6.45, 7) is 2.48. The molecule has 1 heterocycles. The van der Waals surface area contributed by atoms with Gasteiger partial charge >= 0.3 is 0 Å². The predicted molar refractivity (Wildman–Crippen MR) is 53.8 cm³/mol. The van der Waals surface area contributed by atoms with Gasteiger partial charge in [-0.1, -0.05) is 6.92 Å². The van der Waals surface area contributed by atoms with Crippen LogP contribution in [0.3, 0.4) is 0 Å². The molecule has 0 fully saturated rings. The number of nitrogens with one attached hydrogen (secondary N) is 1. The Kier molecular flexibility index (Phi) is 3.64. The molecule has 1 aromatic rings. The van der Waals surface area contributed by atoms with E-state index < -0.39 is 0 Å². The van der Waals surface area contributed by atoms with E-state index in [1.807, 2.05) is 6.92 Å². The molecule has 0 saturated heterocycles. The van der Waals surface area contributed by atoms with Crippen LogP contribution in [0, 0.1) is 0 Å². The van der Waals surface area contributed by atoms with Crippen molar-refractivity contribution >= 4 is 5.91 Å². The van der Waals surface area contributed by atoms with Crippen LogP contribution in [-0.2, 0) is 7.05 Å². The third-order valence-corrected chi connectivity index (χ3v) is 2.00. The van der Waals surface area contributed by atoms with E-state index in [2.05, 4.69) is 10.4 Å². The highest BCUT2D eigenvalue weighted by atomic mass is 16.1. The summed E-state index contributed by atoms with van der Waals surface area (Å²) in [7, 11) is 1.77. The quantitative estimate of drug-likeness (QED) is 0.705. The van der Waals surface area contributed by atoms with Crippen molar-refractivity contribution in [2.75, 3.05) is 6.54 Å². The second kappa shape index (κ2) is 4.76. The van der Waals surface area contributed by atoms with Crippen molar-refractivity contribution < 1.29 is 4.79 Å². The van der Waals surface area contributed by atoms with Crippen LogP contribution in [0.1, 0.15) is 23.8 Å². The summed E-state index contributed by atoms with van der Waals surface area (Å²) in [6, 6.07) is 1.69. The lowest BCUT2D eigenvalue weighted by Gasteiger charge is -2.08. The number of hydrogen-bond acceptors (Lipinski definition) is 3. The second-order valence-corrected chi connectivity index (χ2v) is 3.25. The number of carbonyl (C=O) groups is 1. The third-order valence-electron chi connectivity index (χ3n) is 2.00. The molecule has 14 heavy (non-hydrogen) atoms. The van der Waals surface area contributed by atoms with Crippen LogP contribution in [0.15, 0.2) is 12.3 Å². The highest BCUT2D eigenvalue weighted by molar-refractivity contribution is 5.92. The summed E-state index contributed by atoms with van der Waals surface area (Å²) in [5.41, 5.74) is 6.09. The molecule has 5 nitrogen and oxygen atoms in total. The van der Waals surface area contributed by atoms with Gasteiger partial charge in [0.05, 0.1) is 0 Å². The summed E-state index contributed by atoms with van der Waals surface area (Å²) < 4.78 is 1.59. The third kappa shape index (κ3) is 2.85. The van der Waals surface area contributed by atoms with Gasteiger partial charge in [0.25, 0.3) is 5.91 Å². The molecule has 1 atom stereocenters. The lowest BCUT2D eigenvalue weighted by Crippen LogP contribution is -2.36. The molecule has 1 aromatic heterocycles. The Morgan fingerprint density at radius 2 is 2.50 bits per heavy atom. The van der Waals surface area contributed by atoms with Gasteiger partial charge in [0.1, 0.15) is 5.69 Å². The standard InChI is InChI=1S/C9H16N4O/c1-3-7(10)6-11-9(14)8-4-5-13(2)12-8/h4-5,7H,3,6,10H2,1-2H3,(H,11,14). The van der Waals surface area contributed by atoms with Crippen LogP contribution >= 0.6 is 0 Å². The minimum atomic E-state index is -0.172. The molecule has 0 radical (unpaired) electrons. The van der Waals surface area contributed by atoms with E-state index in [4.69, 9.17) is 5.73 Å². The fourth-order valence-corrected chi connectivity index (χ4v) is 0.995. The van der Waals surface area contributed by atoms with Gasteiger partial charge in [-0.3, -0.25) is 9.48 Å². The van der Waals surface area contributed by atoms with Gasteiger partial charge in [-0.05, 0) is 12.5 Å². The molecular weight excluding hydrogens is 180 g/mol. The van der Waals surface area contributed by atoms with Gasteiger partial charge in [0, 0.05) is 25.8 Å². The number of rotatable bonds is 4. The van der Waals surface area contributed by atoms with E-state index in [1.54, 1.807) is 24.0 Å². The first-order chi connectivity index (χ1) is 6.63. The van der Waals surface area contributed by atoms with Crippen LogP contribution in [0.25, 0.3) is 0 Å². The van der Waals surface area contributed by atoms with Crippen molar-refractivity contribution in [3.63, 3.8) is 0 Å². The monoisotopic (exact) mass is 196 g/mol. The van der Waals surface area contributed by atoms with Crippen molar-refractivity contribution in [3.05, 3.63) is 18.0 Å². The maximum Gasteiger partial charge on any atom is 0.271 e. The highest BCUT2D eigenvalue weighted by Gasteiger charge is 2.08. The number of nitrogens with zero attached hydrogens (tertiary/aromatic N) is 2. The van der Waals surface area contributed by atoms with Gasteiger partial charge in [-0.15, -0.1) is 0 Å². The summed E-state index contributed by atoms with van der Waals surface area (Å²) in [4.78, 5) is 11.4. The molecule has 0 aromatic carbocycles. The van der Waals surface area contributed by atoms with Crippen LogP contribution in [0.2, 0.25) is 0 Å². The number of aromatic nitrogens is 2. The first kappa shape index (κ1) is 10.7. The fraction of sp³-hybridized carbons (Fsp3) is 0.556. The first-order valence-electron chi connectivity index (χ1n) is 4.67. The van der Waals surface area contributed by atoms with Crippen LogP contribution < -0.4 is 11.1 Å². The molecule has 0 aliphatic heterocycles. The van der Waals surface area contributed by atoms with E-state index in [9.17, 15) is 4.79 Å². The summed E-state index contributed by atoms with van der Waals surface area (Å²) in [5.74, 6) is -0.172. The smallest absolute Gasteiger partial charge is 0.271 e. The predicted octanol–water partition coefficient (Wildman–Crippen LogP) is -0.113. The van der Waals surface area contributed by atoms with E-state index in [-0.39, 0.29) is 11.9 Å². The molecule has 0 aliphatic rings. The van der Waals surface area contributed by atoms with Crippen molar-refractivity contribution in [3.8, 4) is 0 Å². The van der Waals surface area contributed by atoms with Gasteiger partial charge in [-0.25, -0.2) is 0 Å². The Morgan fingerprint density at radius 3 is 3.00 bits per heavy atom. The van der Waals surface area contributed by atoms with E-state index in [0.29, 0.717) is 12.2 Å². The zero-order valence-corrected chi connectivity index (χ0v) is 8.53. The normalized spacial score (nSPS) is 12.5. The minimum Gasteiger partial charge on any atom is -0.349 e. The molecule has 1 rings (SSSR count). The summed E-state index contributed by atoms with van der Waals surface area (Å²) in [6.07, 6.45) is 2.58. The molecule has 0 bridgehead atoms. The van der Waals surface area contributed by atoms with Crippen molar-refractivity contribution in [2.45, 2.75) is 19.4 Å². The summed E-state index contributed by atoms with van der Waals surface area (Å²) >= 11 is 0. The number of nitrogens with two attached hydrogens (primary N) is 1. The Bertz CT molecular complexity index is 308. The highest BCUT2D eigenvalue weighted by Crippen LogP contribution is 1.93. The molecule has 0 spiro atoms. The van der Waals surface area contributed by atoms with Gasteiger partial charge in [0.2, 0.25) is 0 Å². The first-order valence-corrected chi connectivity index (χ1v) is 4.67. The lowest BCUT2D eigenvalue weighted by molar-refractivity contribution is 0.0945. The fourth-order valence-electron chi connectivity index (χ4n) is 0.995. The zero-order valence-electron chi connectivity index (χ0n) is 8.53. The maximum atomic E-state index is 11.4. The Morgan fingerprint density at radius 1 is 1.79 bits per heavy atom. The van der Waals surface area contributed by atoms with Gasteiger partial charge < -0.3 is 11.1 Å². The average molecular weight is 196 g/mol. The van der Waals surface area contributed by atoms with Crippen LogP contribution in [-0.4, -0.2) is 28.3 Å². The zero-order chi connectivity index (χ0) is 10.6. The summed E-state index contributed by atoms with van der Waals surface area (Å²) in [5, 5.41) is 6.70. The number of amides is 1. The van der Waals surface area contributed by atoms with Gasteiger partial charge in [-0.2, -0.15) is 5.10 Å². The molecule has 1 amide bonds. The molecule has 3 N–H and O–H groups in total. The topological polar surface area (TPSA) is 72.9 Å². The second-order valence-electron chi connectivity index (χ2n) is 3.25. The number of aryl methyl sites for hydroxylation is 1. The average Bonchev–Trinajstić information content (AvgIpc) is 2.60. The van der Waals surface area contributed by atoms with E-state index in [1.165, 1.54) is 0 Å². The minimum absolute atomic E-state index is 0.0164. The molecule has 78 valence electrons. The van der Waals surface area contributed by atoms with Crippen molar-refractivity contribution in [1.82, 2.24) is 15.1 Å². The molecular formula is C9H16N4O. The lowest BCUT2D eigenvalue weighted by atomic mass is 10.2. The Hall–Kier alpha value is -1.36. The maximum absolute atomic E-state index is 11.4. The Balaban J connectivity index is 2.43. The molecule has 5 heteroatoms. The Labute approximate surface area is 83.3 Å². The number of hydrogen-bond donors (Lipinski definition) is 2. The molecule has 0 aliphatic carbocycles. The van der Waals surface area contributed by atoms with E-state index >= 15 is 0 Å². The number of carbonyl (C=O) groups excluding carboxylic acids is 1. The van der Waals surface area contributed by atoms with Crippen molar-refractivity contribution in [2.24, 2.45) is 12.8 Å². The molecule has 0 saturated carbocycles. The largest absolute Gasteiger partial charge is 0.349 e. The van der Waals surface area contributed by atoms with Crippen LogP contribution in [0.4, 0.5) is 0 Å². The molecule has 1 unspecified atom stereocenters. The van der Waals surface area contributed by atoms with E-state index in [0.717, 1.165) is 6.42 Å². The van der Waals surface area contributed by atoms with Gasteiger partial charge in [0.15, 0.2) is 0 Å². The van der Waals surface area contributed by atoms with Crippen LogP contribution in [0.5, 0.6) is 0 Å².